The monoisotopic (exact) mass is 526 g/mol. The van der Waals surface area contributed by atoms with Crippen molar-refractivity contribution in [3.05, 3.63) is 69.9 Å². The highest BCUT2D eigenvalue weighted by Crippen LogP contribution is 2.38. The molecule has 0 amide bonds. The lowest BCUT2D eigenvalue weighted by molar-refractivity contribution is -0.137. The first-order valence-corrected chi connectivity index (χ1v) is 13.2. The molecule has 8 heteroatoms. The van der Waals surface area contributed by atoms with E-state index < -0.39 is 11.7 Å². The summed E-state index contributed by atoms with van der Waals surface area (Å²) >= 11 is 0. The summed E-state index contributed by atoms with van der Waals surface area (Å²) in [5.74, 6) is 2.26. The molecule has 1 N–H and O–H groups in total. The predicted molar refractivity (Wildman–Crippen MR) is 147 cm³/mol. The first kappa shape index (κ1) is 27.9. The minimum absolute atomic E-state index is 0.505. The minimum atomic E-state index is -4.37. The number of benzene rings is 2. The van der Waals surface area contributed by atoms with Gasteiger partial charge in [-0.1, -0.05) is 31.2 Å². The number of hydrogen-bond donors (Lipinski definition) is 1. The van der Waals surface area contributed by atoms with Gasteiger partial charge in [0.15, 0.2) is 5.82 Å². The zero-order valence-electron chi connectivity index (χ0n) is 22.9. The molecule has 5 rings (SSSR count). The van der Waals surface area contributed by atoms with E-state index in [1.54, 1.807) is 6.07 Å². The Morgan fingerprint density at radius 3 is 2.29 bits per heavy atom. The Labute approximate surface area is 223 Å². The fourth-order valence-electron chi connectivity index (χ4n) is 5.65. The minimum Gasteiger partial charge on any atom is -0.400 e. The number of alkyl halides is 3. The van der Waals surface area contributed by atoms with Crippen molar-refractivity contribution in [2.24, 2.45) is 5.92 Å². The van der Waals surface area contributed by atoms with Crippen LogP contribution >= 0.6 is 0 Å². The van der Waals surface area contributed by atoms with Gasteiger partial charge in [0.2, 0.25) is 0 Å². The maximum Gasteiger partial charge on any atom is 0.416 e. The number of fused-ring (bicyclic) bond motifs is 1. The summed E-state index contributed by atoms with van der Waals surface area (Å²) in [6, 6.07) is 10.3. The first-order valence-electron chi connectivity index (χ1n) is 13.2. The van der Waals surface area contributed by atoms with Crippen LogP contribution < -0.4 is 9.80 Å². The van der Waals surface area contributed by atoms with Gasteiger partial charge in [-0.05, 0) is 68.4 Å². The Bertz CT molecular complexity index is 1270. The van der Waals surface area contributed by atoms with Crippen LogP contribution in [-0.4, -0.2) is 41.8 Å². The Kier molecular flexibility index (Phi) is 8.31. The maximum atomic E-state index is 13.5. The van der Waals surface area contributed by atoms with Gasteiger partial charge in [0.05, 0.1) is 11.3 Å². The second kappa shape index (κ2) is 11.3. The maximum absolute atomic E-state index is 13.5. The highest BCUT2D eigenvalue weighted by Gasteiger charge is 2.33. The summed E-state index contributed by atoms with van der Waals surface area (Å²) in [6.07, 6.45) is -1.39. The summed E-state index contributed by atoms with van der Waals surface area (Å²) < 4.78 is 40.4. The smallest absolute Gasteiger partial charge is 0.400 e. The molecule has 38 heavy (non-hydrogen) atoms. The number of anilines is 2. The number of nitrogens with zero attached hydrogens (tertiary/aromatic N) is 4. The van der Waals surface area contributed by atoms with Crippen molar-refractivity contribution in [2.75, 3.05) is 36.5 Å². The Hall–Kier alpha value is -3.13. The lowest BCUT2D eigenvalue weighted by atomic mass is 9.97. The third kappa shape index (κ3) is 5.65. The molecular formula is C30H37F3N4O. The van der Waals surface area contributed by atoms with Crippen LogP contribution in [0, 0.1) is 26.7 Å². The van der Waals surface area contributed by atoms with Crippen LogP contribution in [0.5, 0.6) is 0 Å². The molecule has 3 heterocycles. The number of aliphatic hydroxyl groups excluding tert-OH is 1. The summed E-state index contributed by atoms with van der Waals surface area (Å²) in [5.41, 5.74) is 6.28. The largest absolute Gasteiger partial charge is 0.416 e. The van der Waals surface area contributed by atoms with Crippen LogP contribution in [0.1, 0.15) is 53.3 Å². The topological polar surface area (TPSA) is 52.5 Å². The third-order valence-electron chi connectivity index (χ3n) is 7.58. The Morgan fingerprint density at radius 2 is 1.63 bits per heavy atom. The van der Waals surface area contributed by atoms with Crippen molar-refractivity contribution in [2.45, 2.75) is 59.7 Å². The van der Waals surface area contributed by atoms with Gasteiger partial charge in [-0.15, -0.1) is 0 Å². The quantitative estimate of drug-likeness (QED) is 0.423. The van der Waals surface area contributed by atoms with Gasteiger partial charge in [0.25, 0.3) is 0 Å². The van der Waals surface area contributed by atoms with E-state index in [0.29, 0.717) is 31.1 Å². The fraction of sp³-hybridized carbons (Fsp3) is 0.467. The summed E-state index contributed by atoms with van der Waals surface area (Å²) in [6.45, 7) is 11.3. The molecule has 1 atom stereocenters. The average molecular weight is 527 g/mol. The van der Waals surface area contributed by atoms with Crippen LogP contribution in [0.15, 0.2) is 36.4 Å². The van der Waals surface area contributed by atoms with Crippen molar-refractivity contribution >= 4 is 11.5 Å². The highest BCUT2D eigenvalue weighted by atomic mass is 19.4. The predicted octanol–water partition coefficient (Wildman–Crippen LogP) is 6.50. The lowest BCUT2D eigenvalue weighted by Gasteiger charge is -2.37. The Balaban J connectivity index is 0.00000164. The van der Waals surface area contributed by atoms with E-state index >= 15 is 0 Å². The molecule has 1 aromatic heterocycles. The van der Waals surface area contributed by atoms with Crippen LogP contribution in [-0.2, 0) is 19.1 Å². The van der Waals surface area contributed by atoms with Gasteiger partial charge < -0.3 is 14.9 Å². The molecule has 2 aliphatic rings. The van der Waals surface area contributed by atoms with Gasteiger partial charge >= 0.3 is 6.18 Å². The normalized spacial score (nSPS) is 17.6. The number of aryl methyl sites for hydroxylation is 3. The van der Waals surface area contributed by atoms with Gasteiger partial charge in [-0.25, -0.2) is 9.97 Å². The van der Waals surface area contributed by atoms with E-state index in [-0.39, 0.29) is 0 Å². The molecule has 0 aliphatic carbocycles. The fourth-order valence-corrected chi connectivity index (χ4v) is 5.65. The lowest BCUT2D eigenvalue weighted by Crippen LogP contribution is -2.39. The molecule has 0 radical (unpaired) electrons. The number of halogens is 3. The molecule has 2 aromatic carbocycles. The van der Waals surface area contributed by atoms with E-state index in [4.69, 9.17) is 15.1 Å². The van der Waals surface area contributed by atoms with Gasteiger partial charge in [0.1, 0.15) is 5.82 Å². The number of aliphatic hydroxyl groups is 1. The van der Waals surface area contributed by atoms with E-state index in [0.717, 1.165) is 77.8 Å². The molecule has 0 spiro atoms. The molecule has 204 valence electrons. The van der Waals surface area contributed by atoms with E-state index in [2.05, 4.69) is 48.8 Å². The molecular weight excluding hydrogens is 489 g/mol. The van der Waals surface area contributed by atoms with Crippen molar-refractivity contribution in [3.8, 4) is 11.4 Å². The highest BCUT2D eigenvalue weighted by molar-refractivity contribution is 5.68. The van der Waals surface area contributed by atoms with Crippen LogP contribution in [0.4, 0.5) is 24.7 Å². The van der Waals surface area contributed by atoms with E-state index in [1.165, 1.54) is 12.5 Å². The number of aromatic nitrogens is 2. The summed E-state index contributed by atoms with van der Waals surface area (Å²) in [7, 11) is 1.00. The molecule has 3 aromatic rings. The molecule has 1 unspecified atom stereocenters. The standard InChI is InChI=1S/C29H33F3N4.CH4O/c1-18-7-6-13-36(16-18)28-23-17-35(25-15-22(29(30,31)32)11-10-19(25)2)14-12-24(23)33-27(34-28)26-20(3)8-5-9-21(26)4;1-2/h5,8-11,15,18H,6-7,12-14,16-17H2,1-4H3;2H,1H3. The Morgan fingerprint density at radius 1 is 0.921 bits per heavy atom. The van der Waals surface area contributed by atoms with Crippen LogP contribution in [0.2, 0.25) is 0 Å². The molecule has 0 bridgehead atoms. The van der Waals surface area contributed by atoms with E-state index in [9.17, 15) is 13.2 Å². The number of hydrogen-bond acceptors (Lipinski definition) is 5. The third-order valence-corrected chi connectivity index (χ3v) is 7.58. The van der Waals surface area contributed by atoms with Gasteiger partial charge in [0, 0.05) is 56.5 Å². The van der Waals surface area contributed by atoms with Crippen molar-refractivity contribution < 1.29 is 18.3 Å². The molecule has 2 aliphatic heterocycles. The van der Waals surface area contributed by atoms with Crippen LogP contribution in [0.25, 0.3) is 11.4 Å². The zero-order valence-corrected chi connectivity index (χ0v) is 22.9. The molecule has 1 saturated heterocycles. The summed E-state index contributed by atoms with van der Waals surface area (Å²) in [5, 5.41) is 7.00. The molecule has 1 fully saturated rings. The zero-order chi connectivity index (χ0) is 27.6. The first-order chi connectivity index (χ1) is 18.1. The van der Waals surface area contributed by atoms with Gasteiger partial charge in [-0.3, -0.25) is 0 Å². The van der Waals surface area contributed by atoms with Crippen molar-refractivity contribution in [3.63, 3.8) is 0 Å². The number of rotatable bonds is 3. The SMILES string of the molecule is CO.Cc1ccc(C(F)(F)F)cc1N1CCc2nc(-c3c(C)cccc3C)nc(N3CCCC(C)C3)c2C1. The summed E-state index contributed by atoms with van der Waals surface area (Å²) in [4.78, 5) is 14.6. The van der Waals surface area contributed by atoms with Gasteiger partial charge in [-0.2, -0.15) is 13.2 Å². The van der Waals surface area contributed by atoms with E-state index in [1.807, 2.05) is 6.92 Å². The molecule has 0 saturated carbocycles. The number of piperidine rings is 1. The second-order valence-corrected chi connectivity index (χ2v) is 10.4. The van der Waals surface area contributed by atoms with Crippen molar-refractivity contribution in [1.82, 2.24) is 9.97 Å². The molecule has 5 nitrogen and oxygen atoms in total. The second-order valence-electron chi connectivity index (χ2n) is 10.4. The average Bonchev–Trinajstić information content (AvgIpc) is 2.88. The van der Waals surface area contributed by atoms with Crippen LogP contribution in [0.3, 0.4) is 0 Å². The van der Waals surface area contributed by atoms with Crippen molar-refractivity contribution in [1.29, 1.82) is 0 Å².